The first-order valence-corrected chi connectivity index (χ1v) is 8.14. The van der Waals surface area contributed by atoms with Gasteiger partial charge in [0.1, 0.15) is 11.4 Å². The molecule has 1 N–H and O–H groups in total. The van der Waals surface area contributed by atoms with Gasteiger partial charge in [0.15, 0.2) is 5.76 Å². The van der Waals surface area contributed by atoms with Crippen molar-refractivity contribution < 1.29 is 9.52 Å². The second kappa shape index (κ2) is 5.98. The minimum atomic E-state index is 0.224. The van der Waals surface area contributed by atoms with Crippen LogP contribution in [0.15, 0.2) is 71.3 Å². The van der Waals surface area contributed by atoms with Crippen molar-refractivity contribution >= 4 is 0 Å². The largest absolute Gasteiger partial charge is 0.507 e. The lowest BCUT2D eigenvalue weighted by Gasteiger charge is -2.09. The SMILES string of the molecule is Cc1ccc(-n2nc(C)c(-c3ccccc3O)c2-c2ccco2)cc1. The number of hydrogen-bond donors (Lipinski definition) is 1. The van der Waals surface area contributed by atoms with E-state index >= 15 is 0 Å². The highest BCUT2D eigenvalue weighted by molar-refractivity contribution is 5.85. The Morgan fingerprint density at radius 2 is 1.68 bits per heavy atom. The number of hydrogen-bond acceptors (Lipinski definition) is 3. The third-order valence-corrected chi connectivity index (χ3v) is 4.27. The van der Waals surface area contributed by atoms with Gasteiger partial charge in [-0.05, 0) is 44.2 Å². The molecule has 4 heteroatoms. The lowest BCUT2D eigenvalue weighted by Crippen LogP contribution is -1.99. The van der Waals surface area contributed by atoms with Crippen LogP contribution in [0.4, 0.5) is 0 Å². The fraction of sp³-hybridized carbons (Fsp3) is 0.0952. The number of nitrogens with zero attached hydrogens (tertiary/aromatic N) is 2. The molecule has 0 amide bonds. The minimum Gasteiger partial charge on any atom is -0.507 e. The lowest BCUT2D eigenvalue weighted by molar-refractivity contribution is 0.477. The molecule has 124 valence electrons. The van der Waals surface area contributed by atoms with Crippen molar-refractivity contribution in [3.05, 3.63) is 78.2 Å². The molecular weight excluding hydrogens is 312 g/mol. The maximum Gasteiger partial charge on any atom is 0.153 e. The number of para-hydroxylation sites is 1. The molecule has 0 aliphatic carbocycles. The Bertz CT molecular complexity index is 1010. The first kappa shape index (κ1) is 15.3. The summed E-state index contributed by atoms with van der Waals surface area (Å²) >= 11 is 0. The summed E-state index contributed by atoms with van der Waals surface area (Å²) < 4.78 is 7.55. The zero-order valence-electron chi connectivity index (χ0n) is 14.1. The molecule has 4 nitrogen and oxygen atoms in total. The van der Waals surface area contributed by atoms with Gasteiger partial charge in [0.25, 0.3) is 0 Å². The van der Waals surface area contributed by atoms with Crippen LogP contribution in [-0.2, 0) is 0 Å². The minimum absolute atomic E-state index is 0.224. The van der Waals surface area contributed by atoms with E-state index in [0.717, 1.165) is 28.2 Å². The maximum absolute atomic E-state index is 10.4. The monoisotopic (exact) mass is 330 g/mol. The number of phenolic OH excluding ortho intramolecular Hbond substituents is 1. The number of rotatable bonds is 3. The summed E-state index contributed by atoms with van der Waals surface area (Å²) in [6.45, 7) is 4.00. The van der Waals surface area contributed by atoms with E-state index in [1.54, 1.807) is 12.3 Å². The van der Waals surface area contributed by atoms with E-state index in [0.29, 0.717) is 5.76 Å². The van der Waals surface area contributed by atoms with Crippen molar-refractivity contribution in [3.63, 3.8) is 0 Å². The fourth-order valence-corrected chi connectivity index (χ4v) is 3.05. The first-order chi connectivity index (χ1) is 12.1. The number of benzene rings is 2. The van der Waals surface area contributed by atoms with E-state index in [2.05, 4.69) is 19.1 Å². The predicted octanol–water partition coefficient (Wildman–Crippen LogP) is 5.12. The molecule has 0 saturated heterocycles. The summed E-state index contributed by atoms with van der Waals surface area (Å²) in [7, 11) is 0. The van der Waals surface area contributed by atoms with Gasteiger partial charge in [-0.2, -0.15) is 5.10 Å². The van der Waals surface area contributed by atoms with Crippen LogP contribution in [0.25, 0.3) is 28.3 Å². The van der Waals surface area contributed by atoms with E-state index in [9.17, 15) is 5.11 Å². The number of phenols is 1. The van der Waals surface area contributed by atoms with Crippen LogP contribution in [0.1, 0.15) is 11.3 Å². The normalized spacial score (nSPS) is 11.0. The highest BCUT2D eigenvalue weighted by atomic mass is 16.3. The molecule has 0 aliphatic heterocycles. The zero-order chi connectivity index (χ0) is 17.4. The van der Waals surface area contributed by atoms with Crippen molar-refractivity contribution in [1.82, 2.24) is 9.78 Å². The van der Waals surface area contributed by atoms with Gasteiger partial charge in [-0.3, -0.25) is 0 Å². The maximum atomic E-state index is 10.4. The Balaban J connectivity index is 2.03. The Kier molecular flexibility index (Phi) is 3.65. The quantitative estimate of drug-likeness (QED) is 0.567. The summed E-state index contributed by atoms with van der Waals surface area (Å²) in [5.74, 6) is 0.932. The number of furan rings is 1. The number of aromatic hydroxyl groups is 1. The van der Waals surface area contributed by atoms with Crippen LogP contribution in [0, 0.1) is 13.8 Å². The van der Waals surface area contributed by atoms with Crippen molar-refractivity contribution in [2.45, 2.75) is 13.8 Å². The van der Waals surface area contributed by atoms with Gasteiger partial charge in [0.2, 0.25) is 0 Å². The summed E-state index contributed by atoms with van der Waals surface area (Å²) in [5, 5.41) is 15.1. The van der Waals surface area contributed by atoms with Crippen molar-refractivity contribution in [3.8, 4) is 34.0 Å². The Morgan fingerprint density at radius 3 is 2.36 bits per heavy atom. The molecule has 0 aliphatic rings. The molecule has 0 saturated carbocycles. The fourth-order valence-electron chi connectivity index (χ4n) is 3.05. The summed E-state index contributed by atoms with van der Waals surface area (Å²) in [6.07, 6.45) is 1.64. The highest BCUT2D eigenvalue weighted by Gasteiger charge is 2.23. The highest BCUT2D eigenvalue weighted by Crippen LogP contribution is 2.40. The molecule has 0 unspecified atom stereocenters. The second-order valence-corrected chi connectivity index (χ2v) is 6.05. The third-order valence-electron chi connectivity index (χ3n) is 4.27. The van der Waals surface area contributed by atoms with Crippen LogP contribution in [0.3, 0.4) is 0 Å². The van der Waals surface area contributed by atoms with Crippen LogP contribution in [-0.4, -0.2) is 14.9 Å². The van der Waals surface area contributed by atoms with E-state index < -0.39 is 0 Å². The Morgan fingerprint density at radius 1 is 0.920 bits per heavy atom. The Labute approximate surface area is 146 Å². The molecule has 2 heterocycles. The molecule has 0 spiro atoms. The van der Waals surface area contributed by atoms with Crippen LogP contribution >= 0.6 is 0 Å². The summed E-state index contributed by atoms with van der Waals surface area (Å²) in [5.41, 5.74) is 5.40. The first-order valence-electron chi connectivity index (χ1n) is 8.14. The predicted molar refractivity (Wildman–Crippen MR) is 97.8 cm³/mol. The molecule has 4 aromatic rings. The van der Waals surface area contributed by atoms with E-state index in [4.69, 9.17) is 9.52 Å². The smallest absolute Gasteiger partial charge is 0.153 e. The average Bonchev–Trinajstić information content (AvgIpc) is 3.24. The molecule has 25 heavy (non-hydrogen) atoms. The standard InChI is InChI=1S/C21H18N2O2/c1-14-9-11-16(12-10-14)23-21(19-8-5-13-25-19)20(15(2)22-23)17-6-3-4-7-18(17)24/h3-13,24H,1-2H3. The van der Waals surface area contributed by atoms with Gasteiger partial charge in [-0.25, -0.2) is 4.68 Å². The van der Waals surface area contributed by atoms with Crippen LogP contribution < -0.4 is 0 Å². The second-order valence-electron chi connectivity index (χ2n) is 6.05. The molecule has 0 atom stereocenters. The van der Waals surface area contributed by atoms with Crippen LogP contribution in [0.5, 0.6) is 5.75 Å². The lowest BCUT2D eigenvalue weighted by atomic mass is 10.0. The molecule has 2 aromatic carbocycles. The van der Waals surface area contributed by atoms with Crippen molar-refractivity contribution in [1.29, 1.82) is 0 Å². The van der Waals surface area contributed by atoms with E-state index in [1.807, 2.05) is 54.1 Å². The van der Waals surface area contributed by atoms with Gasteiger partial charge in [-0.15, -0.1) is 0 Å². The molecule has 0 fully saturated rings. The number of aryl methyl sites for hydroxylation is 2. The molecule has 2 aromatic heterocycles. The molecule has 0 bridgehead atoms. The van der Waals surface area contributed by atoms with E-state index in [-0.39, 0.29) is 5.75 Å². The van der Waals surface area contributed by atoms with Gasteiger partial charge in [0.05, 0.1) is 17.6 Å². The van der Waals surface area contributed by atoms with Gasteiger partial charge >= 0.3 is 0 Å². The average molecular weight is 330 g/mol. The third kappa shape index (κ3) is 2.62. The van der Waals surface area contributed by atoms with Crippen molar-refractivity contribution in [2.24, 2.45) is 0 Å². The number of aromatic nitrogens is 2. The molecular formula is C21H18N2O2. The summed E-state index contributed by atoms with van der Waals surface area (Å²) in [6, 6.07) is 19.2. The van der Waals surface area contributed by atoms with Gasteiger partial charge < -0.3 is 9.52 Å². The Hall–Kier alpha value is -3.27. The summed E-state index contributed by atoms with van der Waals surface area (Å²) in [4.78, 5) is 0. The topological polar surface area (TPSA) is 51.2 Å². The van der Waals surface area contributed by atoms with Gasteiger partial charge in [-0.1, -0.05) is 35.9 Å². The van der Waals surface area contributed by atoms with Gasteiger partial charge in [0, 0.05) is 11.1 Å². The van der Waals surface area contributed by atoms with Crippen molar-refractivity contribution in [2.75, 3.05) is 0 Å². The zero-order valence-corrected chi connectivity index (χ0v) is 14.1. The molecule has 0 radical (unpaired) electrons. The van der Waals surface area contributed by atoms with E-state index in [1.165, 1.54) is 5.56 Å². The molecule has 4 rings (SSSR count). The van der Waals surface area contributed by atoms with Crippen LogP contribution in [0.2, 0.25) is 0 Å².